The number of halogens is 2. The quantitative estimate of drug-likeness (QED) is 0.245. The highest BCUT2D eigenvalue weighted by Crippen LogP contribution is 2.32. The summed E-state index contributed by atoms with van der Waals surface area (Å²) in [5.74, 6) is 0.589. The van der Waals surface area contributed by atoms with Gasteiger partial charge in [-0.15, -0.1) is 0 Å². The Morgan fingerprint density at radius 2 is 2.04 bits per heavy atom. The van der Waals surface area contributed by atoms with Crippen molar-refractivity contribution in [2.45, 2.75) is 24.9 Å². The molecule has 0 fully saturated rings. The number of nitrogens with zero attached hydrogens (tertiary/aromatic N) is 3. The lowest BCUT2D eigenvalue weighted by Gasteiger charge is -2.09. The molecule has 0 saturated heterocycles. The van der Waals surface area contributed by atoms with Crippen molar-refractivity contribution < 1.29 is 9.31 Å². The van der Waals surface area contributed by atoms with Gasteiger partial charge in [-0.3, -0.25) is 10.1 Å². The number of benzene rings is 1. The molecule has 1 heterocycles. The molecule has 2 aromatic rings. The Balaban J connectivity index is 2.12. The maximum atomic E-state index is 12.9. The summed E-state index contributed by atoms with van der Waals surface area (Å²) in [6.45, 7) is 2.42. The highest BCUT2D eigenvalue weighted by atomic mass is 35.5. The van der Waals surface area contributed by atoms with Gasteiger partial charge in [0.25, 0.3) is 0 Å². The molecule has 128 valence electrons. The number of hydrogen-bond acceptors (Lipinski definition) is 6. The fraction of sp³-hybridized carbons (Fsp3) is 0.333. The van der Waals surface area contributed by atoms with Crippen LogP contribution in [0, 0.1) is 15.9 Å². The minimum Gasteiger partial charge on any atom is -0.364 e. The lowest BCUT2D eigenvalue weighted by Crippen LogP contribution is -2.10. The normalized spacial score (nSPS) is 10.6. The van der Waals surface area contributed by atoms with Crippen molar-refractivity contribution in [2.75, 3.05) is 17.6 Å². The molecular formula is C15H16ClFN4O2S. The number of anilines is 1. The van der Waals surface area contributed by atoms with Gasteiger partial charge < -0.3 is 5.32 Å². The van der Waals surface area contributed by atoms with Gasteiger partial charge in [-0.05, 0) is 30.5 Å². The van der Waals surface area contributed by atoms with Crippen LogP contribution in [0.25, 0.3) is 0 Å². The van der Waals surface area contributed by atoms with Crippen LogP contribution in [0.4, 0.5) is 15.9 Å². The van der Waals surface area contributed by atoms with Crippen LogP contribution < -0.4 is 5.32 Å². The molecule has 0 radical (unpaired) electrons. The van der Waals surface area contributed by atoms with Crippen molar-refractivity contribution in [3.8, 4) is 0 Å². The lowest BCUT2D eigenvalue weighted by molar-refractivity contribution is -0.384. The summed E-state index contributed by atoms with van der Waals surface area (Å²) in [5, 5.41) is 14.3. The van der Waals surface area contributed by atoms with Gasteiger partial charge in [-0.2, -0.15) is 4.98 Å². The van der Waals surface area contributed by atoms with Crippen molar-refractivity contribution in [2.24, 2.45) is 0 Å². The predicted molar refractivity (Wildman–Crippen MR) is 93.3 cm³/mol. The highest BCUT2D eigenvalue weighted by molar-refractivity contribution is 7.99. The van der Waals surface area contributed by atoms with Crippen LogP contribution >= 0.6 is 23.4 Å². The third-order valence-electron chi connectivity index (χ3n) is 3.06. The SMILES string of the molecule is CCCSc1nc(Cl)c([N+](=O)[O-])c(NCCc2ccc(F)cc2)n1. The van der Waals surface area contributed by atoms with Crippen molar-refractivity contribution in [1.29, 1.82) is 0 Å². The molecule has 24 heavy (non-hydrogen) atoms. The Hall–Kier alpha value is -1.93. The number of nitro groups is 1. The van der Waals surface area contributed by atoms with Gasteiger partial charge in [0.2, 0.25) is 11.0 Å². The Bertz CT molecular complexity index is 715. The van der Waals surface area contributed by atoms with Crippen LogP contribution in [0.3, 0.4) is 0 Å². The molecule has 0 aliphatic heterocycles. The fourth-order valence-electron chi connectivity index (χ4n) is 1.93. The largest absolute Gasteiger partial charge is 0.364 e. The number of nitrogens with one attached hydrogen (secondary N) is 1. The van der Waals surface area contributed by atoms with E-state index in [0.29, 0.717) is 18.1 Å². The maximum Gasteiger partial charge on any atom is 0.348 e. The van der Waals surface area contributed by atoms with Gasteiger partial charge in [0.15, 0.2) is 5.16 Å². The van der Waals surface area contributed by atoms with Crippen LogP contribution in [-0.2, 0) is 6.42 Å². The van der Waals surface area contributed by atoms with Crippen LogP contribution in [0.2, 0.25) is 5.15 Å². The number of rotatable bonds is 8. The topological polar surface area (TPSA) is 81.0 Å². The Kier molecular flexibility index (Phi) is 6.74. The summed E-state index contributed by atoms with van der Waals surface area (Å²) in [6.07, 6.45) is 1.49. The first-order chi connectivity index (χ1) is 11.5. The van der Waals surface area contributed by atoms with Crippen LogP contribution in [0.5, 0.6) is 0 Å². The molecule has 0 bridgehead atoms. The third-order valence-corrected chi connectivity index (χ3v) is 4.37. The van der Waals surface area contributed by atoms with E-state index in [1.54, 1.807) is 12.1 Å². The molecule has 0 atom stereocenters. The van der Waals surface area contributed by atoms with E-state index in [2.05, 4.69) is 15.3 Å². The van der Waals surface area contributed by atoms with E-state index >= 15 is 0 Å². The van der Waals surface area contributed by atoms with Gasteiger partial charge in [0.1, 0.15) is 5.82 Å². The zero-order valence-corrected chi connectivity index (χ0v) is 14.5. The van der Waals surface area contributed by atoms with E-state index in [9.17, 15) is 14.5 Å². The standard InChI is InChI=1S/C15H16ClFN4O2S/c1-2-9-24-15-19-13(16)12(21(22)23)14(20-15)18-8-7-10-3-5-11(17)6-4-10/h3-6H,2,7-9H2,1H3,(H,18,19,20). The molecular weight excluding hydrogens is 355 g/mol. The van der Waals surface area contributed by atoms with Gasteiger partial charge >= 0.3 is 5.69 Å². The molecule has 6 nitrogen and oxygen atoms in total. The Morgan fingerprint density at radius 1 is 1.33 bits per heavy atom. The minimum atomic E-state index is -0.600. The summed E-state index contributed by atoms with van der Waals surface area (Å²) in [4.78, 5) is 18.7. The molecule has 0 unspecified atom stereocenters. The second kappa shape index (κ2) is 8.79. The lowest BCUT2D eigenvalue weighted by atomic mass is 10.1. The van der Waals surface area contributed by atoms with Crippen molar-refractivity contribution in [3.63, 3.8) is 0 Å². The fourth-order valence-corrected chi connectivity index (χ4v) is 2.91. The Morgan fingerprint density at radius 3 is 2.67 bits per heavy atom. The smallest absolute Gasteiger partial charge is 0.348 e. The average molecular weight is 371 g/mol. The average Bonchev–Trinajstić information content (AvgIpc) is 2.54. The highest BCUT2D eigenvalue weighted by Gasteiger charge is 2.23. The minimum absolute atomic E-state index is 0.0979. The van der Waals surface area contributed by atoms with Gasteiger partial charge in [-0.25, -0.2) is 9.37 Å². The second-order valence-corrected chi connectivity index (χ2v) is 6.32. The summed E-state index contributed by atoms with van der Waals surface area (Å²) < 4.78 is 12.9. The van der Waals surface area contributed by atoms with E-state index in [1.165, 1.54) is 23.9 Å². The zero-order valence-electron chi connectivity index (χ0n) is 13.0. The molecule has 9 heteroatoms. The van der Waals surface area contributed by atoms with E-state index in [4.69, 9.17) is 11.6 Å². The molecule has 0 aliphatic rings. The molecule has 2 rings (SSSR count). The summed E-state index contributed by atoms with van der Waals surface area (Å²) >= 11 is 7.32. The molecule has 1 N–H and O–H groups in total. The van der Waals surface area contributed by atoms with Gasteiger partial charge in [0, 0.05) is 12.3 Å². The summed E-state index contributed by atoms with van der Waals surface area (Å²) in [6, 6.07) is 6.08. The monoisotopic (exact) mass is 370 g/mol. The first-order valence-electron chi connectivity index (χ1n) is 7.34. The molecule has 0 amide bonds. The van der Waals surface area contributed by atoms with E-state index in [0.717, 1.165) is 17.7 Å². The first kappa shape index (κ1) is 18.4. The predicted octanol–water partition coefficient (Wildman–Crippen LogP) is 4.33. The van der Waals surface area contributed by atoms with Crippen molar-refractivity contribution >= 4 is 34.9 Å². The zero-order chi connectivity index (χ0) is 17.5. The Labute approximate surface area is 148 Å². The van der Waals surface area contributed by atoms with Crippen molar-refractivity contribution in [3.05, 3.63) is 50.9 Å². The third kappa shape index (κ3) is 5.04. The number of hydrogen-bond donors (Lipinski definition) is 1. The maximum absolute atomic E-state index is 12.9. The summed E-state index contributed by atoms with van der Waals surface area (Å²) in [5.41, 5.74) is 0.573. The molecule has 0 aliphatic carbocycles. The van der Waals surface area contributed by atoms with E-state index in [-0.39, 0.29) is 22.5 Å². The second-order valence-electron chi connectivity index (χ2n) is 4.90. The summed E-state index contributed by atoms with van der Waals surface area (Å²) in [7, 11) is 0. The van der Waals surface area contributed by atoms with Crippen LogP contribution in [0.1, 0.15) is 18.9 Å². The molecule has 0 saturated carbocycles. The number of aromatic nitrogens is 2. The van der Waals surface area contributed by atoms with Crippen molar-refractivity contribution in [1.82, 2.24) is 9.97 Å². The molecule has 0 spiro atoms. The molecule has 1 aromatic carbocycles. The van der Waals surface area contributed by atoms with E-state index < -0.39 is 4.92 Å². The van der Waals surface area contributed by atoms with Gasteiger partial charge in [-0.1, -0.05) is 42.4 Å². The number of thioether (sulfide) groups is 1. The van der Waals surface area contributed by atoms with Crippen LogP contribution in [-0.4, -0.2) is 27.2 Å². The molecule has 1 aromatic heterocycles. The van der Waals surface area contributed by atoms with E-state index in [1.807, 2.05) is 6.92 Å². The first-order valence-corrected chi connectivity index (χ1v) is 8.70. The van der Waals surface area contributed by atoms with Gasteiger partial charge in [0.05, 0.1) is 4.92 Å². The van der Waals surface area contributed by atoms with Crippen LogP contribution in [0.15, 0.2) is 29.4 Å².